The summed E-state index contributed by atoms with van der Waals surface area (Å²) in [6.45, 7) is 14.0. The van der Waals surface area contributed by atoms with Gasteiger partial charge in [-0.1, -0.05) is 43.2 Å². The summed E-state index contributed by atoms with van der Waals surface area (Å²) in [5.41, 5.74) is 3.04. The molecule has 39 heteroatoms. The predicted molar refractivity (Wildman–Crippen MR) is 364 cm³/mol. The second kappa shape index (κ2) is 38.7. The molecule has 3 aliphatic rings. The van der Waals surface area contributed by atoms with Gasteiger partial charge in [0.1, 0.15) is 41.1 Å². The van der Waals surface area contributed by atoms with Gasteiger partial charge in [0.2, 0.25) is 0 Å². The number of aromatic carboxylic acids is 1. The Labute approximate surface area is 573 Å². The summed E-state index contributed by atoms with van der Waals surface area (Å²) in [5.74, 6) is 1.80. The molecule has 0 radical (unpaired) electrons. The van der Waals surface area contributed by atoms with Crippen molar-refractivity contribution in [2.75, 3.05) is 102 Å². The molecule has 3 amide bonds. The number of hydrogen-bond donors (Lipinski definition) is 10. The van der Waals surface area contributed by atoms with E-state index >= 15 is 0 Å². The number of phosphoric ester groups is 1. The molecule has 2 aliphatic heterocycles. The summed E-state index contributed by atoms with van der Waals surface area (Å²) in [7, 11) is -11.3. The van der Waals surface area contributed by atoms with E-state index in [1.165, 1.54) is 44.5 Å². The van der Waals surface area contributed by atoms with Crippen molar-refractivity contribution in [3.8, 4) is 34.4 Å². The van der Waals surface area contributed by atoms with E-state index in [0.29, 0.717) is 78.3 Å². The smallest absolute Gasteiger partial charge is 0.478 e. The average Bonchev–Trinajstić information content (AvgIpc) is 1.25. The Kier molecular flexibility index (Phi) is 32.0. The van der Waals surface area contributed by atoms with Crippen LogP contribution in [0.15, 0.2) is 67.7 Å². The van der Waals surface area contributed by atoms with Gasteiger partial charge in [0.15, 0.2) is 0 Å². The van der Waals surface area contributed by atoms with Gasteiger partial charge in [0.05, 0.1) is 63.3 Å². The number of aromatic amines is 1. The number of anilines is 1. The minimum Gasteiger partial charge on any atom is -0.478 e. The molecule has 3 aromatic rings. The van der Waals surface area contributed by atoms with Gasteiger partial charge < -0.3 is 78.2 Å². The molecule has 0 bridgehead atoms. The van der Waals surface area contributed by atoms with Crippen molar-refractivity contribution >= 4 is 107 Å². The van der Waals surface area contributed by atoms with Crippen LogP contribution in [0.2, 0.25) is 0 Å². The first-order valence-electron chi connectivity index (χ1n) is 29.9. The lowest BCUT2D eigenvalue weighted by molar-refractivity contribution is -0.0543. The number of nitrogens with zero attached hydrogens (tertiary/aromatic N) is 2. The monoisotopic (exact) mass is 1490 g/mol. The number of aryl methyl sites for hydroxylation is 2. The maximum Gasteiger partial charge on any atom is 0.490 e. The summed E-state index contributed by atoms with van der Waals surface area (Å²) >= 11 is 0. The van der Waals surface area contributed by atoms with Gasteiger partial charge in [0, 0.05) is 96.1 Å². The summed E-state index contributed by atoms with van der Waals surface area (Å²) in [5, 5.41) is 22.9. The molecular formula is C58H78N7O25P3S4. The van der Waals surface area contributed by atoms with Crippen LogP contribution in [0.1, 0.15) is 97.0 Å². The number of carboxylic acid groups (broad SMARTS) is 1. The van der Waals surface area contributed by atoms with Gasteiger partial charge in [-0.05, 0) is 120 Å². The number of aromatic nitrogens is 2. The fraction of sp³-hybridized carbons (Fsp3) is 0.500. The summed E-state index contributed by atoms with van der Waals surface area (Å²) in [6, 6.07) is 14.5. The fourth-order valence-corrected chi connectivity index (χ4v) is 15.3. The number of fused-ring (bicyclic) bond motifs is 2. The van der Waals surface area contributed by atoms with E-state index in [2.05, 4.69) is 51.8 Å². The van der Waals surface area contributed by atoms with E-state index < -0.39 is 83.8 Å². The van der Waals surface area contributed by atoms with Crippen molar-refractivity contribution in [1.82, 2.24) is 25.5 Å². The van der Waals surface area contributed by atoms with Crippen molar-refractivity contribution in [2.24, 2.45) is 4.99 Å². The number of carbonyl (C=O) groups is 4. The van der Waals surface area contributed by atoms with E-state index in [1.54, 1.807) is 23.1 Å². The van der Waals surface area contributed by atoms with Crippen LogP contribution in [0.25, 0.3) is 33.4 Å². The SMILES string of the molecule is CCN=c1cc2oc3cc(NCC)c(C)cc3c(-c3cc(C(=O)NCCOCCOCCNC(=O)OCCC(C)(C)SSCOCCCCOC(=O)NC#Cc4cn([C@H]5CC(OCSSC)[C@@H](COP(=O)(O)OP(=O)(O)OP(=O)(O)O)O5)c(=O)[nH]c4=O)ccc3C(=O)O)c-2cc1C. The topological polar surface area (TPSA) is 441 Å². The summed E-state index contributed by atoms with van der Waals surface area (Å²) in [6.07, 6.45) is -0.673. The van der Waals surface area contributed by atoms with Crippen molar-refractivity contribution in [1.29, 1.82) is 0 Å². The zero-order valence-electron chi connectivity index (χ0n) is 53.8. The molecule has 10 N–H and O–H groups in total. The molecule has 534 valence electrons. The van der Waals surface area contributed by atoms with Crippen LogP contribution in [0.4, 0.5) is 15.3 Å². The van der Waals surface area contributed by atoms with Gasteiger partial charge in [-0.3, -0.25) is 28.7 Å². The Hall–Kier alpha value is -5.74. The lowest BCUT2D eigenvalue weighted by Crippen LogP contribution is -2.34. The first kappa shape index (κ1) is 80.2. The van der Waals surface area contributed by atoms with Gasteiger partial charge in [0.25, 0.3) is 11.5 Å². The van der Waals surface area contributed by atoms with Gasteiger partial charge >= 0.3 is 47.3 Å². The molecule has 3 unspecified atom stereocenters. The third kappa shape index (κ3) is 26.4. The summed E-state index contributed by atoms with van der Waals surface area (Å²) < 4.78 is 93.4. The Balaban J connectivity index is 0.807. The average molecular weight is 1490 g/mol. The largest absolute Gasteiger partial charge is 0.490 e. The van der Waals surface area contributed by atoms with Crippen LogP contribution in [0, 0.1) is 25.8 Å². The molecule has 5 atom stereocenters. The van der Waals surface area contributed by atoms with Gasteiger partial charge in [-0.15, -0.1) is 0 Å². The molecule has 1 saturated heterocycles. The molecule has 97 heavy (non-hydrogen) atoms. The number of ether oxygens (including phenoxy) is 7. The molecular weight excluding hydrogens is 1420 g/mol. The van der Waals surface area contributed by atoms with Crippen LogP contribution < -0.4 is 37.9 Å². The number of rotatable bonds is 39. The fourth-order valence-electron chi connectivity index (χ4n) is 9.20. The second-order valence-corrected chi connectivity index (χ2v) is 31.3. The molecule has 2 aromatic carbocycles. The number of alkyl carbamates (subject to hydrolysis) is 2. The number of phosphoric acid groups is 3. The Bertz CT molecular complexity index is 3920. The number of carboxylic acids is 1. The molecule has 0 saturated carbocycles. The normalized spacial score (nSPS) is 16.3. The standard InChI is InChI=1S/C58H78N7O25P3S4/c1-8-59-44-29-46-42(26-36(44)3)51(43-27-37(4)45(60-9-2)30-47(43)87-46)41-28-38(12-13-40(41)54(68)69)52(66)61-17-22-80-24-25-81-23-18-63-57(72)84-21-15-58(5,6)97-96-34-82-19-10-11-20-83-56(71)62-16-14-39-32-65(55(70)64-53(39)67)50-31-48(85-35-95-94-7)49(88-50)33-86-92(76,77)90-93(78,79)89-91(73,74)75/h12-13,26-30,32,48-50,59H,8-11,15,17-25,31,33-35H2,1-7H3,(H,61,66)(H,62,71)(H,63,72)(H,68,69)(H,76,77)(H,78,79)(H,64,67,70)(H2,73,74,75)/t48?,49-,50-/m1/s1. The first-order chi connectivity index (χ1) is 46.0. The third-order valence-electron chi connectivity index (χ3n) is 13.6. The molecule has 1 fully saturated rings. The Morgan fingerprint density at radius 2 is 1.55 bits per heavy atom. The highest BCUT2D eigenvalue weighted by Gasteiger charge is 2.44. The third-order valence-corrected chi connectivity index (χ3v) is 21.9. The zero-order valence-corrected chi connectivity index (χ0v) is 59.8. The highest BCUT2D eigenvalue weighted by atomic mass is 33.1. The highest BCUT2D eigenvalue weighted by molar-refractivity contribution is 8.77. The van der Waals surface area contributed by atoms with Crippen LogP contribution in [-0.2, 0) is 60.0 Å². The number of unbranched alkanes of at least 4 members (excludes halogenated alkanes) is 1. The number of H-pyrrole nitrogens is 1. The number of nitrogens with one attached hydrogen (secondary N) is 5. The lowest BCUT2D eigenvalue weighted by Gasteiger charge is -2.22. The van der Waals surface area contributed by atoms with E-state index in [4.69, 9.17) is 51.9 Å². The van der Waals surface area contributed by atoms with Gasteiger partial charge in [-0.25, -0.2) is 38.2 Å². The van der Waals surface area contributed by atoms with Crippen molar-refractivity contribution in [3.63, 3.8) is 0 Å². The Morgan fingerprint density at radius 3 is 2.25 bits per heavy atom. The maximum absolute atomic E-state index is 13.5. The number of hydrogen-bond acceptors (Lipinski definition) is 26. The number of amides is 3. The highest BCUT2D eigenvalue weighted by Crippen LogP contribution is 2.66. The molecule has 32 nitrogen and oxygen atoms in total. The van der Waals surface area contributed by atoms with Crippen molar-refractivity contribution < 1.29 is 108 Å². The van der Waals surface area contributed by atoms with E-state index in [9.17, 15) is 57.4 Å². The Morgan fingerprint density at radius 1 is 0.825 bits per heavy atom. The van der Waals surface area contributed by atoms with Crippen LogP contribution in [0.5, 0.6) is 0 Å². The van der Waals surface area contributed by atoms with E-state index in [0.717, 1.165) is 32.9 Å². The number of carbonyl (C=O) groups excluding carboxylic acids is 3. The molecule has 3 heterocycles. The zero-order chi connectivity index (χ0) is 70.9. The molecule has 1 aliphatic carbocycles. The minimum atomic E-state index is -5.80. The van der Waals surface area contributed by atoms with Crippen molar-refractivity contribution in [2.45, 2.75) is 90.4 Å². The maximum atomic E-state index is 13.5. The second-order valence-electron chi connectivity index (χ2n) is 21.4. The first-order valence-corrected chi connectivity index (χ1v) is 39.5. The summed E-state index contributed by atoms with van der Waals surface area (Å²) in [4.78, 5) is 120. The van der Waals surface area contributed by atoms with E-state index in [1.807, 2.05) is 65.8 Å². The number of benzene rings is 3. The van der Waals surface area contributed by atoms with Crippen LogP contribution >= 0.6 is 66.6 Å². The molecule has 6 rings (SSSR count). The van der Waals surface area contributed by atoms with Gasteiger partial charge in [-0.2, -0.15) is 8.62 Å². The lowest BCUT2D eigenvalue weighted by atomic mass is 9.88. The van der Waals surface area contributed by atoms with Crippen LogP contribution in [0.3, 0.4) is 0 Å². The van der Waals surface area contributed by atoms with Crippen LogP contribution in [-0.4, -0.2) is 172 Å². The van der Waals surface area contributed by atoms with E-state index in [-0.39, 0.29) is 86.5 Å². The minimum absolute atomic E-state index is 0.0142. The molecule has 0 spiro atoms. The predicted octanol–water partition coefficient (Wildman–Crippen LogP) is 8.24. The molecule has 1 aromatic heterocycles. The quantitative estimate of drug-likeness (QED) is 0.00336. The van der Waals surface area contributed by atoms with Crippen molar-refractivity contribution in [3.05, 3.63) is 103 Å².